The van der Waals surface area contributed by atoms with E-state index in [9.17, 15) is 0 Å². The van der Waals surface area contributed by atoms with Crippen LogP contribution >= 0.6 is 39.1 Å². The summed E-state index contributed by atoms with van der Waals surface area (Å²) in [6.45, 7) is 2.00. The average Bonchev–Trinajstić information content (AvgIpc) is 2.37. The second-order valence-electron chi connectivity index (χ2n) is 3.90. The first kappa shape index (κ1) is 14.4. The molecule has 0 fully saturated rings. The van der Waals surface area contributed by atoms with Gasteiger partial charge >= 0.3 is 0 Å². The number of nitrogens with zero attached hydrogens (tertiary/aromatic N) is 1. The number of halogens is 3. The maximum absolute atomic E-state index is 6.11. The van der Waals surface area contributed by atoms with Gasteiger partial charge in [0.15, 0.2) is 11.6 Å². The highest BCUT2D eigenvalue weighted by atomic mass is 79.9. The largest absolute Gasteiger partial charge is 0.338 e. The normalized spacial score (nSPS) is 10.4. The fourth-order valence-electron chi connectivity index (χ4n) is 1.52. The smallest absolute Gasteiger partial charge is 0.161 e. The molecule has 4 nitrogen and oxygen atoms in total. The standard InChI is InChI=1S/C12H11BrCl2N4/c1-6-2-3-7(13)10(4-6)17-11-8(14)5-9(15)12(18-11)19-16/h2-5H,16H2,1H3,(H2,17,18,19). The number of aryl methyl sites for hydroxylation is 1. The summed E-state index contributed by atoms with van der Waals surface area (Å²) in [5.74, 6) is 6.18. The molecule has 2 rings (SSSR count). The molecule has 0 amide bonds. The van der Waals surface area contributed by atoms with Crippen molar-refractivity contribution in [2.24, 2.45) is 5.84 Å². The molecule has 0 atom stereocenters. The van der Waals surface area contributed by atoms with Crippen LogP contribution in [0.4, 0.5) is 17.3 Å². The Balaban J connectivity index is 2.40. The minimum atomic E-state index is 0.359. The summed E-state index contributed by atoms with van der Waals surface area (Å²) in [5, 5.41) is 3.92. The quantitative estimate of drug-likeness (QED) is 0.556. The van der Waals surface area contributed by atoms with Crippen LogP contribution in [0.3, 0.4) is 0 Å². The summed E-state index contributed by atoms with van der Waals surface area (Å²) in [7, 11) is 0. The first-order valence-corrected chi connectivity index (χ1v) is 6.92. The lowest BCUT2D eigenvalue weighted by Gasteiger charge is -2.12. The van der Waals surface area contributed by atoms with Crippen LogP contribution in [0.25, 0.3) is 0 Å². The van der Waals surface area contributed by atoms with Crippen molar-refractivity contribution in [2.45, 2.75) is 6.92 Å². The summed E-state index contributed by atoms with van der Waals surface area (Å²) < 4.78 is 0.910. The number of nitrogens with one attached hydrogen (secondary N) is 2. The number of nitrogens with two attached hydrogens (primary N) is 1. The van der Waals surface area contributed by atoms with E-state index in [0.29, 0.717) is 21.7 Å². The Hall–Kier alpha value is -1.01. The molecule has 1 aromatic heterocycles. The summed E-state index contributed by atoms with van der Waals surface area (Å²) >= 11 is 15.5. The molecule has 0 radical (unpaired) electrons. The number of hydrogen-bond donors (Lipinski definition) is 3. The van der Waals surface area contributed by atoms with Gasteiger partial charge in [-0.3, -0.25) is 0 Å². The van der Waals surface area contributed by atoms with Crippen LogP contribution in [-0.4, -0.2) is 4.98 Å². The van der Waals surface area contributed by atoms with Gasteiger partial charge in [0.25, 0.3) is 0 Å². The second kappa shape index (κ2) is 5.96. The fraction of sp³-hybridized carbons (Fsp3) is 0.0833. The predicted octanol–water partition coefficient (Wildman–Crippen LogP) is 4.49. The molecule has 1 aromatic carbocycles. The summed E-state index contributed by atoms with van der Waals surface area (Å²) in [6, 6.07) is 7.51. The van der Waals surface area contributed by atoms with Crippen LogP contribution in [-0.2, 0) is 0 Å². The van der Waals surface area contributed by atoms with E-state index in [1.54, 1.807) is 6.07 Å². The SMILES string of the molecule is Cc1ccc(Br)c(Nc2nc(NN)c(Cl)cc2Cl)c1. The molecule has 0 aliphatic carbocycles. The van der Waals surface area contributed by atoms with Crippen molar-refractivity contribution in [3.63, 3.8) is 0 Å². The van der Waals surface area contributed by atoms with Gasteiger partial charge in [0.2, 0.25) is 0 Å². The zero-order valence-electron chi connectivity index (χ0n) is 9.97. The van der Waals surface area contributed by atoms with Crippen molar-refractivity contribution in [1.29, 1.82) is 0 Å². The number of pyridine rings is 1. The molecule has 4 N–H and O–H groups in total. The third-order valence-corrected chi connectivity index (χ3v) is 3.71. The van der Waals surface area contributed by atoms with E-state index in [4.69, 9.17) is 29.0 Å². The van der Waals surface area contributed by atoms with E-state index in [1.165, 1.54) is 0 Å². The van der Waals surface area contributed by atoms with Gasteiger partial charge in [0.1, 0.15) is 0 Å². The van der Waals surface area contributed by atoms with Gasteiger partial charge < -0.3 is 10.7 Å². The lowest BCUT2D eigenvalue weighted by Crippen LogP contribution is -2.10. The Kier molecular flexibility index (Phi) is 4.52. The van der Waals surface area contributed by atoms with E-state index < -0.39 is 0 Å². The molecule has 0 bridgehead atoms. The van der Waals surface area contributed by atoms with Crippen molar-refractivity contribution in [1.82, 2.24) is 4.98 Å². The molecule has 0 aliphatic rings. The fourth-order valence-corrected chi connectivity index (χ4v) is 2.32. The van der Waals surface area contributed by atoms with Crippen molar-refractivity contribution in [3.05, 3.63) is 44.3 Å². The number of nitrogen functional groups attached to an aromatic ring is 1. The third-order valence-electron chi connectivity index (χ3n) is 2.44. The van der Waals surface area contributed by atoms with E-state index in [2.05, 4.69) is 31.7 Å². The van der Waals surface area contributed by atoms with Gasteiger partial charge in [-0.25, -0.2) is 10.8 Å². The Morgan fingerprint density at radius 1 is 1.16 bits per heavy atom. The maximum Gasteiger partial charge on any atom is 0.161 e. The third kappa shape index (κ3) is 3.30. The summed E-state index contributed by atoms with van der Waals surface area (Å²) in [6.07, 6.45) is 0. The number of aromatic nitrogens is 1. The van der Waals surface area contributed by atoms with E-state index in [-0.39, 0.29) is 0 Å². The molecule has 2 aromatic rings. The molecule has 19 heavy (non-hydrogen) atoms. The number of anilines is 3. The Morgan fingerprint density at radius 2 is 1.84 bits per heavy atom. The predicted molar refractivity (Wildman–Crippen MR) is 84.2 cm³/mol. The van der Waals surface area contributed by atoms with Crippen LogP contribution < -0.4 is 16.6 Å². The lowest BCUT2D eigenvalue weighted by molar-refractivity contribution is 1.22. The number of hydrogen-bond acceptors (Lipinski definition) is 4. The molecule has 100 valence electrons. The van der Waals surface area contributed by atoms with Crippen LogP contribution in [0.1, 0.15) is 5.56 Å². The second-order valence-corrected chi connectivity index (χ2v) is 5.57. The molecule has 0 aliphatic heterocycles. The Bertz CT molecular complexity index is 619. The lowest BCUT2D eigenvalue weighted by atomic mass is 10.2. The minimum Gasteiger partial charge on any atom is -0.338 e. The van der Waals surface area contributed by atoms with E-state index >= 15 is 0 Å². The van der Waals surface area contributed by atoms with Crippen molar-refractivity contribution in [2.75, 3.05) is 10.7 Å². The van der Waals surface area contributed by atoms with Gasteiger partial charge in [-0.2, -0.15) is 0 Å². The summed E-state index contributed by atoms with van der Waals surface area (Å²) in [4.78, 5) is 4.22. The highest BCUT2D eigenvalue weighted by Crippen LogP contribution is 2.33. The molecule has 0 unspecified atom stereocenters. The number of hydrazine groups is 1. The van der Waals surface area contributed by atoms with Crippen LogP contribution in [0.15, 0.2) is 28.7 Å². The minimum absolute atomic E-state index is 0.359. The van der Waals surface area contributed by atoms with E-state index in [1.807, 2.05) is 25.1 Å². The molecule has 0 saturated carbocycles. The molecule has 1 heterocycles. The first-order valence-electron chi connectivity index (χ1n) is 5.37. The van der Waals surface area contributed by atoms with Crippen molar-refractivity contribution >= 4 is 56.5 Å². The van der Waals surface area contributed by atoms with Gasteiger partial charge in [0, 0.05) is 4.47 Å². The van der Waals surface area contributed by atoms with Crippen LogP contribution in [0.2, 0.25) is 10.0 Å². The highest BCUT2D eigenvalue weighted by molar-refractivity contribution is 9.10. The average molecular weight is 362 g/mol. The van der Waals surface area contributed by atoms with Crippen LogP contribution in [0, 0.1) is 6.92 Å². The van der Waals surface area contributed by atoms with Gasteiger partial charge in [-0.15, -0.1) is 0 Å². The number of benzene rings is 1. The van der Waals surface area contributed by atoms with Crippen LogP contribution in [0.5, 0.6) is 0 Å². The first-order chi connectivity index (χ1) is 9.01. The maximum atomic E-state index is 6.11. The summed E-state index contributed by atoms with van der Waals surface area (Å²) in [5.41, 5.74) is 4.40. The topological polar surface area (TPSA) is 63.0 Å². The number of rotatable bonds is 3. The zero-order chi connectivity index (χ0) is 14.0. The molecular formula is C12H11BrCl2N4. The van der Waals surface area contributed by atoms with Gasteiger partial charge in [-0.05, 0) is 46.6 Å². The van der Waals surface area contributed by atoms with Gasteiger partial charge in [-0.1, -0.05) is 29.3 Å². The van der Waals surface area contributed by atoms with E-state index in [0.717, 1.165) is 15.7 Å². The molecule has 0 saturated heterocycles. The van der Waals surface area contributed by atoms with Gasteiger partial charge in [0.05, 0.1) is 15.7 Å². The monoisotopic (exact) mass is 360 g/mol. The Morgan fingerprint density at radius 3 is 2.53 bits per heavy atom. The van der Waals surface area contributed by atoms with Crippen molar-refractivity contribution < 1.29 is 0 Å². The molecule has 0 spiro atoms. The van der Waals surface area contributed by atoms with Crippen molar-refractivity contribution in [3.8, 4) is 0 Å². The molecular weight excluding hydrogens is 351 g/mol. The Labute approximate surface area is 129 Å². The molecule has 7 heteroatoms. The highest BCUT2D eigenvalue weighted by Gasteiger charge is 2.10. The zero-order valence-corrected chi connectivity index (χ0v) is 13.1.